The maximum absolute atomic E-state index is 14.3. The maximum atomic E-state index is 14.3. The molecule has 2 N–H and O–H groups in total. The third kappa shape index (κ3) is 3.75. The Labute approximate surface area is 208 Å². The number of carboxylic acids is 1. The summed E-state index contributed by atoms with van der Waals surface area (Å²) in [5.74, 6) is -1.32. The van der Waals surface area contributed by atoms with Crippen molar-refractivity contribution in [2.45, 2.75) is 63.9 Å². The number of nitrogens with zero attached hydrogens (tertiary/aromatic N) is 3. The van der Waals surface area contributed by atoms with Crippen molar-refractivity contribution in [1.82, 2.24) is 14.8 Å². The van der Waals surface area contributed by atoms with E-state index in [0.29, 0.717) is 18.4 Å². The van der Waals surface area contributed by atoms with Crippen molar-refractivity contribution in [3.8, 4) is 11.8 Å². The molecule has 0 spiro atoms. The second kappa shape index (κ2) is 8.45. The van der Waals surface area contributed by atoms with Gasteiger partial charge in [0.1, 0.15) is 5.82 Å². The second-order valence-corrected chi connectivity index (χ2v) is 10.7. The molecule has 186 valence electrons. The average molecular weight is 489 g/mol. The Morgan fingerprint density at radius 1 is 1.39 bits per heavy atom. The summed E-state index contributed by atoms with van der Waals surface area (Å²) in [5, 5.41) is 28.6. The van der Waals surface area contributed by atoms with Crippen molar-refractivity contribution in [2.75, 3.05) is 6.61 Å². The number of carbonyl (C=O) groups is 1. The number of aliphatic carboxylic acids is 1. The molecule has 2 aromatic heterocycles. The number of aromatic nitrogens is 3. The van der Waals surface area contributed by atoms with Gasteiger partial charge in [-0.15, -0.1) is 0 Å². The van der Waals surface area contributed by atoms with E-state index in [-0.39, 0.29) is 24.8 Å². The van der Waals surface area contributed by atoms with Gasteiger partial charge in [-0.2, -0.15) is 10.4 Å². The Kier molecular flexibility index (Phi) is 5.64. The van der Waals surface area contributed by atoms with Crippen molar-refractivity contribution in [1.29, 1.82) is 5.26 Å². The van der Waals surface area contributed by atoms with E-state index < -0.39 is 17.0 Å². The molecule has 1 saturated heterocycles. The van der Waals surface area contributed by atoms with E-state index in [1.165, 1.54) is 6.07 Å². The van der Waals surface area contributed by atoms with Gasteiger partial charge < -0.3 is 14.4 Å². The molecule has 1 fully saturated rings. The first-order valence-electron chi connectivity index (χ1n) is 12.1. The van der Waals surface area contributed by atoms with E-state index in [1.807, 2.05) is 19.9 Å². The van der Waals surface area contributed by atoms with E-state index in [0.717, 1.165) is 38.8 Å². The van der Waals surface area contributed by atoms with E-state index in [4.69, 9.17) is 4.74 Å². The Balaban J connectivity index is 1.83. The van der Waals surface area contributed by atoms with Crippen LogP contribution in [0.15, 0.2) is 36.5 Å². The lowest BCUT2D eigenvalue weighted by molar-refractivity contribution is -0.170. The number of nitriles is 1. The first-order chi connectivity index (χ1) is 17.1. The minimum atomic E-state index is -1.22. The minimum absolute atomic E-state index is 0.0731. The lowest BCUT2D eigenvalue weighted by atomic mass is 9.77. The van der Waals surface area contributed by atoms with E-state index in [2.05, 4.69) is 33.0 Å². The minimum Gasteiger partial charge on any atom is -0.479 e. The number of H-pyrrole nitrogens is 1. The summed E-state index contributed by atoms with van der Waals surface area (Å²) in [5.41, 5.74) is 3.37. The molecular weight excluding hydrogens is 459 g/mol. The smallest absolute Gasteiger partial charge is 0.335 e. The molecule has 4 aromatic rings. The molecule has 0 radical (unpaired) electrons. The highest BCUT2D eigenvalue weighted by atomic mass is 19.1. The predicted octanol–water partition coefficient (Wildman–Crippen LogP) is 5.88. The number of ether oxygens (including phenoxy) is 1. The zero-order valence-corrected chi connectivity index (χ0v) is 20.9. The molecule has 0 saturated carbocycles. The highest BCUT2D eigenvalue weighted by Gasteiger charge is 2.42. The molecule has 0 unspecified atom stereocenters. The zero-order valence-electron chi connectivity index (χ0n) is 20.9. The lowest BCUT2D eigenvalue weighted by Gasteiger charge is -2.36. The average Bonchev–Trinajstić information content (AvgIpc) is 3.42. The van der Waals surface area contributed by atoms with Crippen molar-refractivity contribution in [3.05, 3.63) is 59.2 Å². The van der Waals surface area contributed by atoms with Gasteiger partial charge in [0, 0.05) is 39.9 Å². The number of aryl methyl sites for hydroxylation is 1. The van der Waals surface area contributed by atoms with Crippen LogP contribution in [0, 0.1) is 24.1 Å². The van der Waals surface area contributed by atoms with Crippen LogP contribution in [0.4, 0.5) is 4.39 Å². The SMILES string of the molecule is Cc1cc(-n2c(C(C)(C)CC#N)c([C@H]3CC[C@](C)(C(=O)O)OC3)c3cc4[nH]ncc4cc32)ccc1F. The van der Waals surface area contributed by atoms with Crippen LogP contribution >= 0.6 is 0 Å². The Hall–Kier alpha value is -3.70. The van der Waals surface area contributed by atoms with Gasteiger partial charge in [0.05, 0.1) is 29.9 Å². The van der Waals surface area contributed by atoms with Crippen molar-refractivity contribution >= 4 is 27.8 Å². The van der Waals surface area contributed by atoms with Crippen LogP contribution in [0.1, 0.15) is 62.8 Å². The van der Waals surface area contributed by atoms with Crippen LogP contribution in [0.3, 0.4) is 0 Å². The summed E-state index contributed by atoms with van der Waals surface area (Å²) in [7, 11) is 0. The highest BCUT2D eigenvalue weighted by molar-refractivity contribution is 5.99. The number of hydrogen-bond acceptors (Lipinski definition) is 4. The molecule has 1 aliphatic rings. The van der Waals surface area contributed by atoms with Gasteiger partial charge in [-0.3, -0.25) is 5.10 Å². The molecule has 3 heterocycles. The topological polar surface area (TPSA) is 104 Å². The normalized spacial score (nSPS) is 20.6. The number of halogens is 1. The molecular formula is C28H29FN4O3. The first-order valence-corrected chi connectivity index (χ1v) is 12.1. The first kappa shape index (κ1) is 24.0. The molecule has 1 aliphatic heterocycles. The van der Waals surface area contributed by atoms with Crippen LogP contribution in [-0.2, 0) is 14.9 Å². The third-order valence-corrected chi connectivity index (χ3v) is 7.56. The molecule has 0 amide bonds. The van der Waals surface area contributed by atoms with Crippen LogP contribution in [0.2, 0.25) is 0 Å². The van der Waals surface area contributed by atoms with E-state index in [9.17, 15) is 19.6 Å². The fourth-order valence-corrected chi connectivity index (χ4v) is 5.43. The number of aromatic amines is 1. The monoisotopic (exact) mass is 488 g/mol. The van der Waals surface area contributed by atoms with Gasteiger partial charge in [-0.25, -0.2) is 9.18 Å². The van der Waals surface area contributed by atoms with E-state index in [1.54, 1.807) is 26.1 Å². The number of hydrogen-bond donors (Lipinski definition) is 2. The van der Waals surface area contributed by atoms with Gasteiger partial charge in [-0.05, 0) is 68.1 Å². The second-order valence-electron chi connectivity index (χ2n) is 10.7. The fourth-order valence-electron chi connectivity index (χ4n) is 5.43. The highest BCUT2D eigenvalue weighted by Crippen LogP contribution is 2.46. The summed E-state index contributed by atoms with van der Waals surface area (Å²) >= 11 is 0. The zero-order chi connectivity index (χ0) is 25.8. The van der Waals surface area contributed by atoms with Crippen LogP contribution in [0.25, 0.3) is 27.5 Å². The van der Waals surface area contributed by atoms with Gasteiger partial charge in [-0.1, -0.05) is 13.8 Å². The molecule has 2 atom stereocenters. The van der Waals surface area contributed by atoms with Gasteiger partial charge in [0.2, 0.25) is 0 Å². The Morgan fingerprint density at radius 2 is 2.17 bits per heavy atom. The molecule has 2 aromatic carbocycles. The number of nitrogens with one attached hydrogen (secondary N) is 1. The standard InChI is InChI=1S/C28H29FN4O3/c1-16-11-19(5-6-21(16)29)33-23-12-18-14-31-32-22(18)13-20(23)24(25(33)27(2,3)9-10-30)17-7-8-28(4,26(34)35)36-15-17/h5-6,11-14,17H,7-9,15H2,1-4H3,(H,31,32)(H,34,35)/t17-,28+/m0/s1. The molecule has 7 nitrogen and oxygen atoms in total. The van der Waals surface area contributed by atoms with Crippen molar-refractivity contribution in [3.63, 3.8) is 0 Å². The summed E-state index contributed by atoms with van der Waals surface area (Å²) in [4.78, 5) is 11.8. The molecule has 8 heteroatoms. The van der Waals surface area contributed by atoms with Crippen molar-refractivity contribution < 1.29 is 19.0 Å². The van der Waals surface area contributed by atoms with Crippen molar-refractivity contribution in [2.24, 2.45) is 0 Å². The summed E-state index contributed by atoms with van der Waals surface area (Å²) in [6.45, 7) is 7.69. The van der Waals surface area contributed by atoms with Gasteiger partial charge in [0.25, 0.3) is 0 Å². The predicted molar refractivity (Wildman–Crippen MR) is 135 cm³/mol. The number of fused-ring (bicyclic) bond motifs is 2. The third-order valence-electron chi connectivity index (χ3n) is 7.56. The summed E-state index contributed by atoms with van der Waals surface area (Å²) in [6, 6.07) is 11.5. The molecule has 0 bridgehead atoms. The quantitative estimate of drug-likeness (QED) is 0.365. The molecule has 36 heavy (non-hydrogen) atoms. The van der Waals surface area contributed by atoms with Crippen LogP contribution in [-0.4, -0.2) is 38.0 Å². The number of benzene rings is 2. The Morgan fingerprint density at radius 3 is 2.81 bits per heavy atom. The molecule has 0 aliphatic carbocycles. The summed E-state index contributed by atoms with van der Waals surface area (Å²) < 4.78 is 22.3. The number of carboxylic acid groups (broad SMARTS) is 1. The van der Waals surface area contributed by atoms with Crippen LogP contribution < -0.4 is 0 Å². The van der Waals surface area contributed by atoms with Gasteiger partial charge in [0.15, 0.2) is 5.60 Å². The lowest BCUT2D eigenvalue weighted by Crippen LogP contribution is -2.43. The van der Waals surface area contributed by atoms with Gasteiger partial charge >= 0.3 is 5.97 Å². The molecule has 5 rings (SSSR count). The fraction of sp³-hybridized carbons (Fsp3) is 0.393. The largest absolute Gasteiger partial charge is 0.479 e. The van der Waals surface area contributed by atoms with E-state index >= 15 is 0 Å². The van der Waals surface area contributed by atoms with Crippen LogP contribution in [0.5, 0.6) is 0 Å². The summed E-state index contributed by atoms with van der Waals surface area (Å²) in [6.07, 6.45) is 3.04. The maximum Gasteiger partial charge on any atom is 0.335 e. The number of rotatable bonds is 5. The Bertz CT molecular complexity index is 1530.